The number of amides is 1. The first-order valence-electron chi connectivity index (χ1n) is 6.88. The molecule has 0 saturated carbocycles. The Morgan fingerprint density at radius 1 is 1.22 bits per heavy atom. The summed E-state index contributed by atoms with van der Waals surface area (Å²) < 4.78 is 5.18. The van der Waals surface area contributed by atoms with Crippen molar-refractivity contribution in [2.45, 2.75) is 4.90 Å². The molecule has 0 fully saturated rings. The third kappa shape index (κ3) is 4.38. The maximum atomic E-state index is 12.3. The maximum Gasteiger partial charge on any atom is 0.266 e. The van der Waals surface area contributed by atoms with Crippen LogP contribution in [0.3, 0.4) is 0 Å². The molecule has 23 heavy (non-hydrogen) atoms. The van der Waals surface area contributed by atoms with Gasteiger partial charge < -0.3 is 10.1 Å². The van der Waals surface area contributed by atoms with E-state index >= 15 is 0 Å². The highest BCUT2D eigenvalue weighted by Crippen LogP contribution is 2.24. The minimum Gasteiger partial charge on any atom is -0.495 e. The first kappa shape index (κ1) is 16.7. The van der Waals surface area contributed by atoms with E-state index in [-0.39, 0.29) is 5.57 Å². The van der Waals surface area contributed by atoms with E-state index in [1.54, 1.807) is 36.0 Å². The Kier molecular flexibility index (Phi) is 5.84. The van der Waals surface area contributed by atoms with Gasteiger partial charge in [0.05, 0.1) is 12.8 Å². The van der Waals surface area contributed by atoms with Gasteiger partial charge in [0.2, 0.25) is 0 Å². The first-order chi connectivity index (χ1) is 11.2. The molecule has 1 amide bonds. The molecule has 116 valence electrons. The minimum atomic E-state index is -0.467. The molecule has 0 heterocycles. The highest BCUT2D eigenvalue weighted by molar-refractivity contribution is 7.98. The molecule has 0 aliphatic rings. The fourth-order valence-corrected chi connectivity index (χ4v) is 2.36. The number of ether oxygens (including phenoxy) is 1. The summed E-state index contributed by atoms with van der Waals surface area (Å²) in [5, 5.41) is 11.9. The number of hydrogen-bond acceptors (Lipinski definition) is 4. The van der Waals surface area contributed by atoms with Gasteiger partial charge in [-0.15, -0.1) is 11.8 Å². The number of methoxy groups -OCH3 is 1. The molecule has 4 nitrogen and oxygen atoms in total. The third-order valence-electron chi connectivity index (χ3n) is 3.15. The average Bonchev–Trinajstić information content (AvgIpc) is 2.60. The van der Waals surface area contributed by atoms with Crippen LogP contribution < -0.4 is 10.1 Å². The van der Waals surface area contributed by atoms with E-state index in [0.29, 0.717) is 11.4 Å². The van der Waals surface area contributed by atoms with E-state index in [9.17, 15) is 10.1 Å². The Labute approximate surface area is 139 Å². The van der Waals surface area contributed by atoms with Crippen LogP contribution in [0.25, 0.3) is 6.08 Å². The van der Waals surface area contributed by atoms with Crippen molar-refractivity contribution in [2.24, 2.45) is 0 Å². The highest BCUT2D eigenvalue weighted by Gasteiger charge is 2.12. The molecule has 1 N–H and O–H groups in total. The minimum absolute atomic E-state index is 0.0350. The number of rotatable bonds is 5. The number of carbonyl (C=O) groups is 1. The molecule has 0 unspecified atom stereocenters. The third-order valence-corrected chi connectivity index (χ3v) is 3.89. The normalized spacial score (nSPS) is 10.7. The van der Waals surface area contributed by atoms with Crippen molar-refractivity contribution in [1.82, 2.24) is 0 Å². The standard InChI is InChI=1S/C18H16N2O2S/c1-22-17-6-4-3-5-16(17)20-18(21)14(12-19)11-13-7-9-15(23-2)10-8-13/h3-11H,1-2H3,(H,20,21). The number of anilines is 1. The quantitative estimate of drug-likeness (QED) is 0.514. The fourth-order valence-electron chi connectivity index (χ4n) is 1.95. The SMILES string of the molecule is COc1ccccc1NC(=O)C(C#N)=Cc1ccc(SC)cc1. The number of nitrogens with one attached hydrogen (secondary N) is 1. The van der Waals surface area contributed by atoms with E-state index < -0.39 is 5.91 Å². The Morgan fingerprint density at radius 3 is 2.52 bits per heavy atom. The van der Waals surface area contributed by atoms with Crippen LogP contribution in [0.5, 0.6) is 5.75 Å². The molecule has 0 radical (unpaired) electrons. The Bertz CT molecular complexity index is 761. The molecule has 0 atom stereocenters. The number of carbonyl (C=O) groups excluding carboxylic acids is 1. The topological polar surface area (TPSA) is 62.1 Å². The molecule has 0 saturated heterocycles. The highest BCUT2D eigenvalue weighted by atomic mass is 32.2. The van der Waals surface area contributed by atoms with Crippen LogP contribution in [0.2, 0.25) is 0 Å². The smallest absolute Gasteiger partial charge is 0.266 e. The van der Waals surface area contributed by atoms with Crippen molar-refractivity contribution < 1.29 is 9.53 Å². The van der Waals surface area contributed by atoms with Crippen molar-refractivity contribution in [3.63, 3.8) is 0 Å². The number of thioether (sulfide) groups is 1. The van der Waals surface area contributed by atoms with Gasteiger partial charge >= 0.3 is 0 Å². The van der Waals surface area contributed by atoms with Gasteiger partial charge in [0.1, 0.15) is 17.4 Å². The number of nitrogens with zero attached hydrogens (tertiary/aromatic N) is 1. The van der Waals surface area contributed by atoms with Gasteiger partial charge in [-0.3, -0.25) is 4.79 Å². The fraction of sp³-hybridized carbons (Fsp3) is 0.111. The second kappa shape index (κ2) is 8.06. The molecule has 0 aliphatic carbocycles. The lowest BCUT2D eigenvalue weighted by Crippen LogP contribution is -2.14. The van der Waals surface area contributed by atoms with Gasteiger partial charge in [-0.05, 0) is 42.2 Å². The van der Waals surface area contributed by atoms with Crippen molar-refractivity contribution >= 4 is 29.4 Å². The lowest BCUT2D eigenvalue weighted by molar-refractivity contribution is -0.112. The molecule has 0 aliphatic heterocycles. The molecule has 0 spiro atoms. The van der Waals surface area contributed by atoms with Crippen molar-refractivity contribution in [2.75, 3.05) is 18.7 Å². The van der Waals surface area contributed by atoms with E-state index in [1.165, 1.54) is 7.11 Å². The molecular weight excluding hydrogens is 308 g/mol. The zero-order valence-electron chi connectivity index (χ0n) is 12.9. The lowest BCUT2D eigenvalue weighted by atomic mass is 10.1. The zero-order valence-corrected chi connectivity index (χ0v) is 13.7. The van der Waals surface area contributed by atoms with Crippen molar-refractivity contribution in [3.8, 4) is 11.8 Å². The van der Waals surface area contributed by atoms with Gasteiger partial charge in [-0.1, -0.05) is 24.3 Å². The van der Waals surface area contributed by atoms with Crippen LogP contribution in [0, 0.1) is 11.3 Å². The summed E-state index contributed by atoms with van der Waals surface area (Å²) in [6.07, 6.45) is 3.56. The average molecular weight is 324 g/mol. The van der Waals surface area contributed by atoms with Gasteiger partial charge in [0.25, 0.3) is 5.91 Å². The summed E-state index contributed by atoms with van der Waals surface area (Å²) in [6.45, 7) is 0. The largest absolute Gasteiger partial charge is 0.495 e. The van der Waals surface area contributed by atoms with Gasteiger partial charge in [0, 0.05) is 4.90 Å². The lowest BCUT2D eigenvalue weighted by Gasteiger charge is -2.09. The summed E-state index contributed by atoms with van der Waals surface area (Å²) in [7, 11) is 1.53. The van der Waals surface area contributed by atoms with Crippen LogP contribution in [0.15, 0.2) is 59.0 Å². The number of benzene rings is 2. The number of nitriles is 1. The number of hydrogen-bond donors (Lipinski definition) is 1. The zero-order chi connectivity index (χ0) is 16.7. The molecular formula is C18H16N2O2S. The molecule has 2 rings (SSSR count). The Balaban J connectivity index is 2.21. The molecule has 5 heteroatoms. The Morgan fingerprint density at radius 2 is 1.91 bits per heavy atom. The molecule has 0 aromatic heterocycles. The van der Waals surface area contributed by atoms with E-state index in [4.69, 9.17) is 4.74 Å². The monoisotopic (exact) mass is 324 g/mol. The molecule has 2 aromatic carbocycles. The first-order valence-corrected chi connectivity index (χ1v) is 8.10. The van der Waals surface area contributed by atoms with Crippen LogP contribution in [0.4, 0.5) is 5.69 Å². The maximum absolute atomic E-state index is 12.3. The van der Waals surface area contributed by atoms with Gasteiger partial charge in [-0.2, -0.15) is 5.26 Å². The second-order valence-corrected chi connectivity index (χ2v) is 5.48. The van der Waals surface area contributed by atoms with Crippen LogP contribution in [0.1, 0.15) is 5.56 Å². The van der Waals surface area contributed by atoms with E-state index in [0.717, 1.165) is 10.5 Å². The van der Waals surface area contributed by atoms with E-state index in [2.05, 4.69) is 5.32 Å². The number of para-hydroxylation sites is 2. The summed E-state index contributed by atoms with van der Waals surface area (Å²) >= 11 is 1.64. The Hall–Kier alpha value is -2.71. The van der Waals surface area contributed by atoms with Crippen LogP contribution >= 0.6 is 11.8 Å². The second-order valence-electron chi connectivity index (χ2n) is 4.60. The van der Waals surface area contributed by atoms with Crippen LogP contribution in [-0.4, -0.2) is 19.3 Å². The summed E-state index contributed by atoms with van der Waals surface area (Å²) in [6, 6.07) is 16.6. The van der Waals surface area contributed by atoms with Gasteiger partial charge in [-0.25, -0.2) is 0 Å². The van der Waals surface area contributed by atoms with Crippen LogP contribution in [-0.2, 0) is 4.79 Å². The summed E-state index contributed by atoms with van der Waals surface area (Å²) in [5.74, 6) is 0.0772. The van der Waals surface area contributed by atoms with Crippen molar-refractivity contribution in [1.29, 1.82) is 5.26 Å². The molecule has 0 bridgehead atoms. The summed E-state index contributed by atoms with van der Waals surface area (Å²) in [5.41, 5.74) is 1.36. The van der Waals surface area contributed by atoms with Gasteiger partial charge in [0.15, 0.2) is 0 Å². The predicted molar refractivity (Wildman–Crippen MR) is 93.4 cm³/mol. The predicted octanol–water partition coefficient (Wildman–Crippen LogP) is 3.96. The molecule has 2 aromatic rings. The summed E-state index contributed by atoms with van der Waals surface area (Å²) in [4.78, 5) is 13.4. The van der Waals surface area contributed by atoms with Crippen molar-refractivity contribution in [3.05, 3.63) is 59.7 Å². The van der Waals surface area contributed by atoms with E-state index in [1.807, 2.05) is 42.7 Å².